The summed E-state index contributed by atoms with van der Waals surface area (Å²) >= 11 is 0. The molecule has 2 amide bonds. The smallest absolute Gasteiger partial charge is 0.252 e. The second kappa shape index (κ2) is 7.17. The summed E-state index contributed by atoms with van der Waals surface area (Å²) in [5.74, 6) is -0.320. The normalized spacial score (nSPS) is 11.0. The molecule has 0 saturated heterocycles. The minimum atomic E-state index is -0.320. The van der Waals surface area contributed by atoms with Crippen molar-refractivity contribution in [3.8, 4) is 0 Å². The molecule has 0 N–H and O–H groups in total. The van der Waals surface area contributed by atoms with Crippen molar-refractivity contribution in [1.29, 1.82) is 0 Å². The van der Waals surface area contributed by atoms with Crippen molar-refractivity contribution in [3.63, 3.8) is 0 Å². The predicted octanol–water partition coefficient (Wildman–Crippen LogP) is 1.96. The van der Waals surface area contributed by atoms with Crippen LogP contribution in [0.25, 0.3) is 6.08 Å². The second-order valence-electron chi connectivity index (χ2n) is 3.73. The summed E-state index contributed by atoms with van der Waals surface area (Å²) in [7, 11) is 0. The van der Waals surface area contributed by atoms with Gasteiger partial charge in [-0.15, -0.1) is 0 Å². The Morgan fingerprint density at radius 2 is 2.22 bits per heavy atom. The lowest BCUT2D eigenvalue weighted by atomic mass is 10.2. The van der Waals surface area contributed by atoms with Crippen LogP contribution in [0, 0.1) is 6.92 Å². The number of allylic oxidation sites excluding steroid dienone is 1. The van der Waals surface area contributed by atoms with Crippen LogP contribution in [0.3, 0.4) is 0 Å². The molecule has 0 atom stereocenters. The van der Waals surface area contributed by atoms with Gasteiger partial charge in [-0.2, -0.15) is 0 Å². The van der Waals surface area contributed by atoms with Gasteiger partial charge in [-0.1, -0.05) is 24.3 Å². The molecule has 94 valence electrons. The molecule has 0 fully saturated rings. The van der Waals surface area contributed by atoms with Gasteiger partial charge in [-0.05, 0) is 31.6 Å². The van der Waals surface area contributed by atoms with Gasteiger partial charge in [0.15, 0.2) is 0 Å². The van der Waals surface area contributed by atoms with Crippen molar-refractivity contribution in [2.75, 3.05) is 6.54 Å². The monoisotopic (exact) mass is 244 g/mol. The fourth-order valence-corrected chi connectivity index (χ4v) is 1.30. The highest BCUT2D eigenvalue weighted by Crippen LogP contribution is 2.02. The zero-order valence-electron chi connectivity index (χ0n) is 10.5. The van der Waals surface area contributed by atoms with E-state index in [0.717, 1.165) is 16.2 Å². The van der Waals surface area contributed by atoms with E-state index >= 15 is 0 Å². The molecule has 18 heavy (non-hydrogen) atoms. The molecule has 1 aromatic heterocycles. The van der Waals surface area contributed by atoms with Crippen molar-refractivity contribution < 1.29 is 9.59 Å². The molecule has 0 spiro atoms. The molecule has 0 aliphatic heterocycles. The molecule has 0 radical (unpaired) electrons. The van der Waals surface area contributed by atoms with E-state index in [4.69, 9.17) is 0 Å². The average molecular weight is 244 g/mol. The van der Waals surface area contributed by atoms with Crippen molar-refractivity contribution in [2.24, 2.45) is 0 Å². The fourth-order valence-electron chi connectivity index (χ4n) is 1.30. The van der Waals surface area contributed by atoms with Crippen LogP contribution in [0.5, 0.6) is 0 Å². The maximum absolute atomic E-state index is 11.4. The first kappa shape index (κ1) is 13.8. The number of rotatable bonds is 5. The maximum atomic E-state index is 11.4. The Labute approximate surface area is 107 Å². The highest BCUT2D eigenvalue weighted by atomic mass is 16.2. The Morgan fingerprint density at radius 1 is 1.44 bits per heavy atom. The van der Waals surface area contributed by atoms with Gasteiger partial charge in [0.2, 0.25) is 6.41 Å². The van der Waals surface area contributed by atoms with Crippen LogP contribution in [0.4, 0.5) is 0 Å². The zero-order chi connectivity index (χ0) is 13.4. The Balaban J connectivity index is 2.60. The number of imide groups is 1. The van der Waals surface area contributed by atoms with Gasteiger partial charge in [-0.3, -0.25) is 19.5 Å². The van der Waals surface area contributed by atoms with E-state index in [1.807, 2.05) is 25.1 Å². The highest BCUT2D eigenvalue weighted by molar-refractivity contribution is 5.94. The topological polar surface area (TPSA) is 50.3 Å². The lowest BCUT2D eigenvalue weighted by molar-refractivity contribution is -0.133. The van der Waals surface area contributed by atoms with E-state index < -0.39 is 0 Å². The molecule has 4 heteroatoms. The standard InChI is InChI=1S/C14H16N2O2/c1-3-5-14(18)16(11-17)9-4-6-13-8-7-12(2)15-10-13/h3-8,10-11H,9H2,1-2H3/b5-3-,6-4+. The van der Waals surface area contributed by atoms with Crippen molar-refractivity contribution in [2.45, 2.75) is 13.8 Å². The third kappa shape index (κ3) is 4.33. The number of pyridine rings is 1. The largest absolute Gasteiger partial charge is 0.278 e. The van der Waals surface area contributed by atoms with E-state index in [1.165, 1.54) is 6.08 Å². The van der Waals surface area contributed by atoms with Crippen molar-refractivity contribution in [1.82, 2.24) is 9.88 Å². The predicted molar refractivity (Wildman–Crippen MR) is 70.6 cm³/mol. The van der Waals surface area contributed by atoms with E-state index in [-0.39, 0.29) is 12.5 Å². The molecule has 0 aromatic carbocycles. The van der Waals surface area contributed by atoms with Gasteiger partial charge in [0.05, 0.1) is 0 Å². The number of hydrogen-bond acceptors (Lipinski definition) is 3. The van der Waals surface area contributed by atoms with E-state index in [2.05, 4.69) is 4.98 Å². The van der Waals surface area contributed by atoms with Gasteiger partial charge >= 0.3 is 0 Å². The first-order chi connectivity index (χ1) is 8.67. The minimum Gasteiger partial charge on any atom is -0.278 e. The number of nitrogens with zero attached hydrogens (tertiary/aromatic N) is 2. The van der Waals surface area contributed by atoms with Crippen LogP contribution >= 0.6 is 0 Å². The number of amides is 2. The van der Waals surface area contributed by atoms with Gasteiger partial charge in [0.25, 0.3) is 5.91 Å². The SMILES string of the molecule is C/C=C\C(=O)N(C=O)C/C=C/c1ccc(C)nc1. The minimum absolute atomic E-state index is 0.251. The van der Waals surface area contributed by atoms with Crippen LogP contribution in [0.15, 0.2) is 36.6 Å². The number of aryl methyl sites for hydroxylation is 1. The summed E-state index contributed by atoms with van der Waals surface area (Å²) in [6.45, 7) is 3.90. The Kier molecular flexibility index (Phi) is 5.51. The molecular weight excluding hydrogens is 228 g/mol. The number of carbonyl (C=O) groups excluding carboxylic acids is 2. The van der Waals surface area contributed by atoms with Gasteiger partial charge in [0, 0.05) is 18.4 Å². The van der Waals surface area contributed by atoms with Crippen molar-refractivity contribution in [3.05, 3.63) is 47.8 Å². The fraction of sp³-hybridized carbons (Fsp3) is 0.214. The van der Waals surface area contributed by atoms with Crippen molar-refractivity contribution >= 4 is 18.4 Å². The Bertz CT molecular complexity index is 461. The molecule has 1 heterocycles. The third-order valence-corrected chi connectivity index (χ3v) is 2.27. The lowest BCUT2D eigenvalue weighted by Gasteiger charge is -2.09. The molecule has 0 unspecified atom stereocenters. The van der Waals surface area contributed by atoms with Crippen LogP contribution in [-0.2, 0) is 9.59 Å². The zero-order valence-corrected chi connectivity index (χ0v) is 10.5. The number of hydrogen-bond donors (Lipinski definition) is 0. The van der Waals surface area contributed by atoms with Crippen LogP contribution < -0.4 is 0 Å². The maximum Gasteiger partial charge on any atom is 0.252 e. The summed E-state index contributed by atoms with van der Waals surface area (Å²) in [5.41, 5.74) is 1.88. The molecule has 4 nitrogen and oxygen atoms in total. The molecule has 0 saturated carbocycles. The summed E-state index contributed by atoms with van der Waals surface area (Å²) in [6.07, 6.45) is 8.81. The molecule has 0 aliphatic rings. The molecule has 0 bridgehead atoms. The molecule has 1 rings (SSSR count). The van der Waals surface area contributed by atoms with E-state index in [9.17, 15) is 9.59 Å². The number of carbonyl (C=O) groups is 2. The molecular formula is C14H16N2O2. The van der Waals surface area contributed by atoms with Crippen LogP contribution in [0.2, 0.25) is 0 Å². The van der Waals surface area contributed by atoms with Crippen LogP contribution in [-0.4, -0.2) is 28.7 Å². The summed E-state index contributed by atoms with van der Waals surface area (Å²) < 4.78 is 0. The quantitative estimate of drug-likeness (QED) is 0.587. The van der Waals surface area contributed by atoms with Crippen LogP contribution in [0.1, 0.15) is 18.2 Å². The summed E-state index contributed by atoms with van der Waals surface area (Å²) in [6, 6.07) is 3.83. The van der Waals surface area contributed by atoms with E-state index in [1.54, 1.807) is 25.3 Å². The van der Waals surface area contributed by atoms with Gasteiger partial charge in [-0.25, -0.2) is 0 Å². The van der Waals surface area contributed by atoms with E-state index in [0.29, 0.717) is 6.41 Å². The first-order valence-corrected chi connectivity index (χ1v) is 5.65. The first-order valence-electron chi connectivity index (χ1n) is 5.65. The second-order valence-corrected chi connectivity index (χ2v) is 3.73. The Morgan fingerprint density at radius 3 is 2.78 bits per heavy atom. The summed E-state index contributed by atoms with van der Waals surface area (Å²) in [5, 5.41) is 0. The average Bonchev–Trinajstić information content (AvgIpc) is 2.37. The molecule has 0 aliphatic carbocycles. The highest BCUT2D eigenvalue weighted by Gasteiger charge is 2.05. The number of aromatic nitrogens is 1. The van der Waals surface area contributed by atoms with Gasteiger partial charge in [0.1, 0.15) is 0 Å². The Hall–Kier alpha value is -2.23. The lowest BCUT2D eigenvalue weighted by Crippen LogP contribution is -2.27. The summed E-state index contributed by atoms with van der Waals surface area (Å²) in [4.78, 5) is 27.4. The van der Waals surface area contributed by atoms with Gasteiger partial charge < -0.3 is 0 Å². The third-order valence-electron chi connectivity index (χ3n) is 2.27. The molecule has 1 aromatic rings.